The molecule has 0 atom stereocenters. The molecule has 2 heterocycles. The van der Waals surface area contributed by atoms with Crippen LogP contribution in [-0.2, 0) is 34.3 Å². The van der Waals surface area contributed by atoms with Crippen molar-refractivity contribution in [3.8, 4) is 5.88 Å². The predicted molar refractivity (Wildman–Crippen MR) is 122 cm³/mol. The summed E-state index contributed by atoms with van der Waals surface area (Å²) < 4.78 is 11.9. The molecule has 0 saturated carbocycles. The zero-order valence-electron chi connectivity index (χ0n) is 18.9. The van der Waals surface area contributed by atoms with Gasteiger partial charge >= 0.3 is 5.97 Å². The molecule has 0 fully saturated rings. The number of benzene rings is 1. The summed E-state index contributed by atoms with van der Waals surface area (Å²) in [5.41, 5.74) is 4.42. The third-order valence-corrected chi connectivity index (χ3v) is 5.74. The van der Waals surface area contributed by atoms with E-state index in [0.29, 0.717) is 17.3 Å². The second kappa shape index (κ2) is 9.99. The normalized spacial score (nSPS) is 10.9. The van der Waals surface area contributed by atoms with E-state index in [1.807, 2.05) is 33.0 Å². The van der Waals surface area contributed by atoms with Gasteiger partial charge in [-0.25, -0.2) is 9.67 Å². The molecule has 0 spiro atoms. The summed E-state index contributed by atoms with van der Waals surface area (Å²) in [6.45, 7) is 4.08. The molecule has 2 aromatic heterocycles. The molecule has 0 saturated heterocycles. The van der Waals surface area contributed by atoms with Gasteiger partial charge in [0.1, 0.15) is 6.54 Å². The molecule has 9 heteroatoms. The van der Waals surface area contributed by atoms with E-state index in [0.717, 1.165) is 33.4 Å². The molecule has 1 amide bonds. The van der Waals surface area contributed by atoms with Crippen LogP contribution in [0.1, 0.15) is 28.8 Å². The van der Waals surface area contributed by atoms with E-state index < -0.39 is 5.97 Å². The third-order valence-electron chi connectivity index (χ3n) is 5.49. The van der Waals surface area contributed by atoms with Crippen molar-refractivity contribution in [1.82, 2.24) is 19.7 Å². The van der Waals surface area contributed by atoms with Crippen LogP contribution in [0.15, 0.2) is 24.3 Å². The molecular weight excluding hydrogens is 432 g/mol. The maximum Gasteiger partial charge on any atom is 0.325 e. The van der Waals surface area contributed by atoms with Gasteiger partial charge in [0.15, 0.2) is 5.65 Å². The molecular formula is C23H27ClN4O4. The van der Waals surface area contributed by atoms with Crippen molar-refractivity contribution in [1.29, 1.82) is 0 Å². The van der Waals surface area contributed by atoms with E-state index in [1.54, 1.807) is 23.9 Å². The Morgan fingerprint density at radius 1 is 1.16 bits per heavy atom. The van der Waals surface area contributed by atoms with Gasteiger partial charge in [0.25, 0.3) is 0 Å². The fourth-order valence-electron chi connectivity index (χ4n) is 3.76. The van der Waals surface area contributed by atoms with Gasteiger partial charge in [0.05, 0.1) is 19.6 Å². The van der Waals surface area contributed by atoms with Crippen LogP contribution >= 0.6 is 11.6 Å². The van der Waals surface area contributed by atoms with Gasteiger partial charge < -0.3 is 14.4 Å². The van der Waals surface area contributed by atoms with Crippen molar-refractivity contribution in [3.63, 3.8) is 0 Å². The van der Waals surface area contributed by atoms with Gasteiger partial charge in [0.2, 0.25) is 11.8 Å². The highest BCUT2D eigenvalue weighted by Crippen LogP contribution is 2.30. The Labute approximate surface area is 192 Å². The van der Waals surface area contributed by atoms with Gasteiger partial charge in [-0.3, -0.25) is 9.59 Å². The van der Waals surface area contributed by atoms with Crippen molar-refractivity contribution in [2.45, 2.75) is 33.2 Å². The summed E-state index contributed by atoms with van der Waals surface area (Å²) in [4.78, 5) is 31.2. The Balaban J connectivity index is 1.82. The third kappa shape index (κ3) is 5.02. The minimum Gasteiger partial charge on any atom is -0.479 e. The lowest BCUT2D eigenvalue weighted by molar-refractivity contribution is -0.147. The molecule has 0 N–H and O–H groups in total. The Bertz CT molecular complexity index is 1140. The average molecular weight is 459 g/mol. The Kier molecular flexibility index (Phi) is 7.35. The highest BCUT2D eigenvalue weighted by atomic mass is 35.5. The molecule has 1 aromatic carbocycles. The smallest absolute Gasteiger partial charge is 0.325 e. The summed E-state index contributed by atoms with van der Waals surface area (Å²) in [5, 5.41) is 5.82. The first-order chi connectivity index (χ1) is 15.2. The summed E-state index contributed by atoms with van der Waals surface area (Å²) in [7, 11) is 4.70. The number of nitrogens with zero attached hydrogens (tertiary/aromatic N) is 4. The fraction of sp³-hybridized carbons (Fsp3) is 0.391. The summed E-state index contributed by atoms with van der Waals surface area (Å²) >= 11 is 5.95. The molecule has 0 aliphatic heterocycles. The molecule has 3 aromatic rings. The molecule has 0 unspecified atom stereocenters. The second-order valence-electron chi connectivity index (χ2n) is 7.58. The minimum absolute atomic E-state index is 0.121. The van der Waals surface area contributed by atoms with Crippen LogP contribution < -0.4 is 4.74 Å². The molecule has 0 bridgehead atoms. The van der Waals surface area contributed by atoms with Gasteiger partial charge in [-0.2, -0.15) is 0 Å². The van der Waals surface area contributed by atoms with Crippen molar-refractivity contribution in [3.05, 3.63) is 51.7 Å². The number of carbonyl (C=O) groups excluding carboxylic acids is 2. The fourth-order valence-corrected chi connectivity index (χ4v) is 3.89. The SMILES string of the molecule is COC(=O)CN(Cc1ccc(Cl)cc1)C(=O)CCc1c(C)nc2c(c(OC)nn2C)c1C. The maximum atomic E-state index is 13.1. The number of hydrogen-bond donors (Lipinski definition) is 0. The second-order valence-corrected chi connectivity index (χ2v) is 8.02. The highest BCUT2D eigenvalue weighted by Gasteiger charge is 2.21. The van der Waals surface area contributed by atoms with Crippen molar-refractivity contribution in [2.24, 2.45) is 7.05 Å². The first-order valence-corrected chi connectivity index (χ1v) is 10.6. The average Bonchev–Trinajstić information content (AvgIpc) is 3.09. The number of amides is 1. The van der Waals surface area contributed by atoms with E-state index in [2.05, 4.69) is 10.1 Å². The van der Waals surface area contributed by atoms with E-state index in [-0.39, 0.29) is 25.4 Å². The predicted octanol–water partition coefficient (Wildman–Crippen LogP) is 3.38. The number of halogens is 1. The summed E-state index contributed by atoms with van der Waals surface area (Å²) in [6.07, 6.45) is 0.706. The van der Waals surface area contributed by atoms with Crippen LogP contribution in [0.3, 0.4) is 0 Å². The van der Waals surface area contributed by atoms with Crippen molar-refractivity contribution >= 4 is 34.5 Å². The van der Waals surface area contributed by atoms with Crippen molar-refractivity contribution < 1.29 is 19.1 Å². The largest absolute Gasteiger partial charge is 0.479 e. The maximum absolute atomic E-state index is 13.1. The van der Waals surface area contributed by atoms with Crippen LogP contribution in [-0.4, -0.2) is 52.3 Å². The van der Waals surface area contributed by atoms with Gasteiger partial charge in [-0.15, -0.1) is 5.10 Å². The molecule has 0 aliphatic rings. The Morgan fingerprint density at radius 3 is 2.47 bits per heavy atom. The van der Waals surface area contributed by atoms with Gasteiger partial charge in [-0.05, 0) is 49.1 Å². The number of ether oxygens (including phenoxy) is 2. The number of carbonyl (C=O) groups is 2. The first kappa shape index (κ1) is 23.5. The number of hydrogen-bond acceptors (Lipinski definition) is 6. The number of fused-ring (bicyclic) bond motifs is 1. The van der Waals surface area contributed by atoms with Crippen LogP contribution in [0.5, 0.6) is 5.88 Å². The highest BCUT2D eigenvalue weighted by molar-refractivity contribution is 6.30. The topological polar surface area (TPSA) is 86.6 Å². The lowest BCUT2D eigenvalue weighted by Crippen LogP contribution is -2.36. The standard InChI is InChI=1S/C23H27ClN4O4/c1-14-18(15(2)25-22-21(14)23(32-5)26-27(22)3)10-11-19(29)28(13-20(30)31-4)12-16-6-8-17(24)9-7-16/h6-9H,10-13H2,1-5H3. The zero-order chi connectivity index (χ0) is 23.4. The quantitative estimate of drug-likeness (QED) is 0.481. The van der Waals surface area contributed by atoms with Crippen LogP contribution in [0.2, 0.25) is 5.02 Å². The Morgan fingerprint density at radius 2 is 1.84 bits per heavy atom. The zero-order valence-corrected chi connectivity index (χ0v) is 19.7. The Hall–Kier alpha value is -3.13. The molecule has 0 aliphatic carbocycles. The molecule has 170 valence electrons. The van der Waals surface area contributed by atoms with Gasteiger partial charge in [0, 0.05) is 30.7 Å². The van der Waals surface area contributed by atoms with E-state index in [9.17, 15) is 9.59 Å². The summed E-state index contributed by atoms with van der Waals surface area (Å²) in [5.74, 6) is -0.111. The first-order valence-electron chi connectivity index (χ1n) is 10.2. The molecule has 0 radical (unpaired) electrons. The van der Waals surface area contributed by atoms with Crippen molar-refractivity contribution in [2.75, 3.05) is 20.8 Å². The monoisotopic (exact) mass is 458 g/mol. The summed E-state index contributed by atoms with van der Waals surface area (Å²) in [6, 6.07) is 7.18. The number of esters is 1. The van der Waals surface area contributed by atoms with E-state index in [4.69, 9.17) is 21.1 Å². The number of methoxy groups -OCH3 is 2. The lowest BCUT2D eigenvalue weighted by atomic mass is 10.00. The van der Waals surface area contributed by atoms with E-state index in [1.165, 1.54) is 12.0 Å². The van der Waals surface area contributed by atoms with Crippen LogP contribution in [0.4, 0.5) is 0 Å². The molecule has 3 rings (SSSR count). The number of pyridine rings is 1. The lowest BCUT2D eigenvalue weighted by Gasteiger charge is -2.22. The van der Waals surface area contributed by atoms with Gasteiger partial charge in [-0.1, -0.05) is 23.7 Å². The molecule has 32 heavy (non-hydrogen) atoms. The van der Waals surface area contributed by atoms with Crippen LogP contribution in [0, 0.1) is 13.8 Å². The molecule has 8 nitrogen and oxygen atoms in total. The minimum atomic E-state index is -0.470. The van der Waals surface area contributed by atoms with E-state index >= 15 is 0 Å². The number of rotatable bonds is 8. The number of aromatic nitrogens is 3. The van der Waals surface area contributed by atoms with Crippen LogP contribution in [0.25, 0.3) is 11.0 Å². The number of aryl methyl sites for hydroxylation is 3.